The van der Waals surface area contributed by atoms with E-state index in [0.717, 1.165) is 12.1 Å². The van der Waals surface area contributed by atoms with Crippen molar-refractivity contribution in [2.45, 2.75) is 38.4 Å². The number of aliphatic hydroxyl groups is 1. The van der Waals surface area contributed by atoms with E-state index in [-0.39, 0.29) is 6.10 Å². The zero-order chi connectivity index (χ0) is 14.6. The molecule has 1 heterocycles. The second kappa shape index (κ2) is 6.33. The molecule has 1 fully saturated rings. The minimum absolute atomic E-state index is 0.153. The van der Waals surface area contributed by atoms with Gasteiger partial charge >= 0.3 is 0 Å². The van der Waals surface area contributed by atoms with Gasteiger partial charge in [-0.05, 0) is 25.5 Å². The molecule has 0 radical (unpaired) electrons. The van der Waals surface area contributed by atoms with Gasteiger partial charge in [-0.15, -0.1) is 0 Å². The molecule has 2 rings (SSSR count). The van der Waals surface area contributed by atoms with Crippen LogP contribution in [0.5, 0.6) is 5.75 Å². The standard InChI is InChI=1S/C15H24N2O3/c1-3-7-20-14-9-12(4-5-13(14)16)17-10-15(18)6-8-19-11(15)2/h4-5,9,11,17-18H,3,6-8,10,16H2,1-2H3. The smallest absolute Gasteiger partial charge is 0.144 e. The van der Waals surface area contributed by atoms with Gasteiger partial charge in [0.05, 0.1) is 18.4 Å². The van der Waals surface area contributed by atoms with E-state index in [1.807, 2.05) is 25.1 Å². The zero-order valence-electron chi connectivity index (χ0n) is 12.2. The van der Waals surface area contributed by atoms with Crippen LogP contribution in [0.1, 0.15) is 26.7 Å². The minimum Gasteiger partial charge on any atom is -0.491 e. The quantitative estimate of drug-likeness (QED) is 0.695. The Labute approximate surface area is 120 Å². The van der Waals surface area contributed by atoms with Gasteiger partial charge in [0.25, 0.3) is 0 Å². The lowest BCUT2D eigenvalue weighted by Crippen LogP contribution is -2.43. The lowest BCUT2D eigenvalue weighted by Gasteiger charge is -2.26. The molecule has 0 bridgehead atoms. The Balaban J connectivity index is 1.99. The van der Waals surface area contributed by atoms with Crippen LogP contribution in [0, 0.1) is 0 Å². The lowest BCUT2D eigenvalue weighted by atomic mass is 9.96. The first-order valence-electron chi connectivity index (χ1n) is 7.15. The van der Waals surface area contributed by atoms with E-state index in [1.54, 1.807) is 0 Å². The first-order valence-corrected chi connectivity index (χ1v) is 7.15. The van der Waals surface area contributed by atoms with Crippen molar-refractivity contribution in [2.24, 2.45) is 0 Å². The van der Waals surface area contributed by atoms with Gasteiger partial charge < -0.3 is 25.6 Å². The number of hydrogen-bond acceptors (Lipinski definition) is 5. The predicted octanol–water partition coefficient (Wildman–Crippen LogP) is 2.01. The summed E-state index contributed by atoms with van der Waals surface area (Å²) in [6, 6.07) is 5.57. The SMILES string of the molecule is CCCOc1cc(NCC2(O)CCOC2C)ccc1N. The molecule has 0 aromatic heterocycles. The van der Waals surface area contributed by atoms with E-state index in [2.05, 4.69) is 12.2 Å². The summed E-state index contributed by atoms with van der Waals surface area (Å²) in [6.07, 6.45) is 1.43. The number of nitrogens with one attached hydrogen (secondary N) is 1. The Hall–Kier alpha value is -1.46. The summed E-state index contributed by atoms with van der Waals surface area (Å²) in [6.45, 7) is 5.64. The van der Waals surface area contributed by atoms with E-state index in [1.165, 1.54) is 0 Å². The molecule has 0 spiro atoms. The van der Waals surface area contributed by atoms with Crippen LogP contribution in [0.15, 0.2) is 18.2 Å². The van der Waals surface area contributed by atoms with Crippen molar-refractivity contribution in [3.63, 3.8) is 0 Å². The summed E-state index contributed by atoms with van der Waals surface area (Å²) in [5, 5.41) is 13.7. The number of nitrogens with two attached hydrogens (primary N) is 1. The second-order valence-electron chi connectivity index (χ2n) is 5.32. The Kier molecular flexibility index (Phi) is 4.73. The maximum atomic E-state index is 10.4. The molecule has 1 aromatic rings. The highest BCUT2D eigenvalue weighted by atomic mass is 16.5. The largest absolute Gasteiger partial charge is 0.491 e. The highest BCUT2D eigenvalue weighted by Crippen LogP contribution is 2.29. The Morgan fingerprint density at radius 2 is 2.35 bits per heavy atom. The van der Waals surface area contributed by atoms with E-state index >= 15 is 0 Å². The second-order valence-corrected chi connectivity index (χ2v) is 5.32. The van der Waals surface area contributed by atoms with Crippen molar-refractivity contribution in [2.75, 3.05) is 30.8 Å². The molecule has 1 aromatic carbocycles. The Morgan fingerprint density at radius 3 is 3.00 bits per heavy atom. The fraction of sp³-hybridized carbons (Fsp3) is 0.600. The van der Waals surface area contributed by atoms with Crippen LogP contribution in [0.25, 0.3) is 0 Å². The zero-order valence-corrected chi connectivity index (χ0v) is 12.2. The highest BCUT2D eigenvalue weighted by Gasteiger charge is 2.39. The summed E-state index contributed by atoms with van der Waals surface area (Å²) in [5.74, 6) is 0.680. The van der Waals surface area contributed by atoms with Crippen molar-refractivity contribution in [3.05, 3.63) is 18.2 Å². The molecule has 2 atom stereocenters. The number of anilines is 2. The highest BCUT2D eigenvalue weighted by molar-refractivity contribution is 5.61. The van der Waals surface area contributed by atoms with Crippen LogP contribution < -0.4 is 15.8 Å². The molecule has 2 unspecified atom stereocenters. The van der Waals surface area contributed by atoms with Gasteiger partial charge in [-0.25, -0.2) is 0 Å². The molecule has 5 heteroatoms. The maximum Gasteiger partial charge on any atom is 0.144 e. The third-order valence-corrected chi connectivity index (χ3v) is 3.73. The van der Waals surface area contributed by atoms with Crippen LogP contribution in [-0.4, -0.2) is 36.6 Å². The van der Waals surface area contributed by atoms with E-state index in [9.17, 15) is 5.11 Å². The molecular formula is C15H24N2O3. The first kappa shape index (κ1) is 14.9. The molecule has 1 aliphatic rings. The number of rotatable bonds is 6. The lowest BCUT2D eigenvalue weighted by molar-refractivity contribution is -0.0175. The molecule has 112 valence electrons. The Morgan fingerprint density at radius 1 is 1.55 bits per heavy atom. The monoisotopic (exact) mass is 280 g/mol. The van der Waals surface area contributed by atoms with Gasteiger partial charge in [0, 0.05) is 31.3 Å². The fourth-order valence-corrected chi connectivity index (χ4v) is 2.24. The van der Waals surface area contributed by atoms with Gasteiger partial charge in [0.1, 0.15) is 11.4 Å². The molecule has 1 aliphatic heterocycles. The summed E-state index contributed by atoms with van der Waals surface area (Å²) in [5.41, 5.74) is 6.57. The van der Waals surface area contributed by atoms with E-state index < -0.39 is 5.60 Å². The number of benzene rings is 1. The normalized spacial score (nSPS) is 25.6. The van der Waals surface area contributed by atoms with E-state index in [0.29, 0.717) is 37.6 Å². The van der Waals surface area contributed by atoms with Crippen LogP contribution in [0.3, 0.4) is 0 Å². The fourth-order valence-electron chi connectivity index (χ4n) is 2.24. The van der Waals surface area contributed by atoms with Crippen molar-refractivity contribution < 1.29 is 14.6 Å². The van der Waals surface area contributed by atoms with Crippen molar-refractivity contribution in [1.29, 1.82) is 0 Å². The Bertz CT molecular complexity index is 453. The number of nitrogen functional groups attached to an aromatic ring is 1. The summed E-state index contributed by atoms with van der Waals surface area (Å²) in [4.78, 5) is 0. The van der Waals surface area contributed by atoms with Crippen LogP contribution in [-0.2, 0) is 4.74 Å². The summed E-state index contributed by atoms with van der Waals surface area (Å²) >= 11 is 0. The molecule has 0 amide bonds. The molecule has 20 heavy (non-hydrogen) atoms. The molecule has 0 aliphatic carbocycles. The average molecular weight is 280 g/mol. The third kappa shape index (κ3) is 3.35. The molecular weight excluding hydrogens is 256 g/mol. The van der Waals surface area contributed by atoms with Crippen molar-refractivity contribution >= 4 is 11.4 Å². The van der Waals surface area contributed by atoms with Crippen LogP contribution >= 0.6 is 0 Å². The first-order chi connectivity index (χ1) is 9.55. The molecule has 0 saturated carbocycles. The molecule has 5 nitrogen and oxygen atoms in total. The summed E-state index contributed by atoms with van der Waals surface area (Å²) < 4.78 is 11.0. The van der Waals surface area contributed by atoms with Gasteiger partial charge in [0.2, 0.25) is 0 Å². The predicted molar refractivity (Wildman–Crippen MR) is 80.1 cm³/mol. The van der Waals surface area contributed by atoms with Gasteiger partial charge in [0.15, 0.2) is 0 Å². The van der Waals surface area contributed by atoms with Gasteiger partial charge in [-0.2, -0.15) is 0 Å². The third-order valence-electron chi connectivity index (χ3n) is 3.73. The molecule has 1 saturated heterocycles. The maximum absolute atomic E-state index is 10.4. The average Bonchev–Trinajstić information content (AvgIpc) is 2.77. The number of ether oxygens (including phenoxy) is 2. The van der Waals surface area contributed by atoms with Crippen LogP contribution in [0.2, 0.25) is 0 Å². The van der Waals surface area contributed by atoms with Crippen molar-refractivity contribution in [1.82, 2.24) is 0 Å². The number of hydrogen-bond donors (Lipinski definition) is 3. The summed E-state index contributed by atoms with van der Waals surface area (Å²) in [7, 11) is 0. The topological polar surface area (TPSA) is 76.7 Å². The van der Waals surface area contributed by atoms with Crippen LogP contribution in [0.4, 0.5) is 11.4 Å². The minimum atomic E-state index is -0.814. The molecule has 4 N–H and O–H groups in total. The van der Waals surface area contributed by atoms with E-state index in [4.69, 9.17) is 15.2 Å². The van der Waals surface area contributed by atoms with Crippen molar-refractivity contribution in [3.8, 4) is 5.75 Å². The van der Waals surface area contributed by atoms with Gasteiger partial charge in [-0.1, -0.05) is 6.92 Å². The van der Waals surface area contributed by atoms with Gasteiger partial charge in [-0.3, -0.25) is 0 Å².